The van der Waals surface area contributed by atoms with Crippen LogP contribution in [0.4, 0.5) is 0 Å². The first-order valence-electron chi connectivity index (χ1n) is 16.1. The topological polar surface area (TPSA) is 95.2 Å². The Morgan fingerprint density at radius 2 is 1.15 bits per heavy atom. The van der Waals surface area contributed by atoms with Gasteiger partial charge in [-0.2, -0.15) is 0 Å². The minimum atomic E-state index is -2.43. The van der Waals surface area contributed by atoms with Crippen molar-refractivity contribution >= 4 is 24.7 Å². The van der Waals surface area contributed by atoms with E-state index in [9.17, 15) is 4.79 Å². The van der Waals surface area contributed by atoms with Crippen LogP contribution in [-0.2, 0) is 33.2 Å². The monoisotopic (exact) mass is 658 g/mol. The standard InChI is InChI=1S/C23H28O2Si.C9H12O3.C7H10O2/c1-19-20(15-17-24-19)16-18-25-26(23(2,3)4,21-11-7-5-8-12-21)22-13-9-6-10-14-22;1-3-11-9(10)6-8-4-5-12-7(8)2;1-6-7(2-4-8)3-5-9-6/h5-15,17H,16,18H2,1-4H3;4-5H,3,6H2,1-2H3;3,5,8H,2,4H2,1H3. The molecule has 0 unspecified atom stereocenters. The summed E-state index contributed by atoms with van der Waals surface area (Å²) in [5.74, 6) is 2.46. The molecule has 0 aliphatic rings. The van der Waals surface area contributed by atoms with Crippen LogP contribution in [-0.4, -0.2) is 39.2 Å². The zero-order valence-corrected chi connectivity index (χ0v) is 29.9. The second kappa shape index (κ2) is 18.3. The predicted molar refractivity (Wildman–Crippen MR) is 189 cm³/mol. The molecular weight excluding hydrogens is 609 g/mol. The maximum absolute atomic E-state index is 11.0. The first-order valence-corrected chi connectivity index (χ1v) is 18.0. The molecule has 2 aromatic carbocycles. The van der Waals surface area contributed by atoms with Gasteiger partial charge in [-0.15, -0.1) is 0 Å². The van der Waals surface area contributed by atoms with Gasteiger partial charge in [0.05, 0.1) is 31.8 Å². The molecule has 5 rings (SSSR count). The van der Waals surface area contributed by atoms with E-state index in [0.717, 1.165) is 34.8 Å². The molecule has 3 aromatic heterocycles. The second-order valence-corrected chi connectivity index (χ2v) is 16.5. The van der Waals surface area contributed by atoms with Crippen molar-refractivity contribution < 1.29 is 32.3 Å². The Kier molecular flexibility index (Phi) is 14.5. The van der Waals surface area contributed by atoms with Gasteiger partial charge in [0.1, 0.15) is 17.3 Å². The summed E-state index contributed by atoms with van der Waals surface area (Å²) in [5.41, 5.74) is 3.22. The summed E-state index contributed by atoms with van der Waals surface area (Å²) in [5, 5.41) is 11.2. The zero-order chi connectivity index (χ0) is 34.3. The van der Waals surface area contributed by atoms with Crippen LogP contribution in [0.3, 0.4) is 0 Å². The minimum Gasteiger partial charge on any atom is -0.469 e. The Labute approximate surface area is 280 Å². The number of esters is 1. The molecule has 8 heteroatoms. The van der Waals surface area contributed by atoms with Gasteiger partial charge in [0, 0.05) is 18.8 Å². The summed E-state index contributed by atoms with van der Waals surface area (Å²) in [6, 6.07) is 27.3. The highest BCUT2D eigenvalue weighted by Crippen LogP contribution is 2.36. The number of benzene rings is 2. The van der Waals surface area contributed by atoms with E-state index < -0.39 is 8.32 Å². The van der Waals surface area contributed by atoms with Crippen LogP contribution in [0.1, 0.15) is 61.7 Å². The van der Waals surface area contributed by atoms with E-state index in [2.05, 4.69) is 81.4 Å². The van der Waals surface area contributed by atoms with Crippen LogP contribution < -0.4 is 10.4 Å². The van der Waals surface area contributed by atoms with Gasteiger partial charge in [0.2, 0.25) is 0 Å². The van der Waals surface area contributed by atoms with Gasteiger partial charge in [0.25, 0.3) is 8.32 Å². The lowest BCUT2D eigenvalue weighted by molar-refractivity contribution is -0.142. The van der Waals surface area contributed by atoms with Gasteiger partial charge in [-0.1, -0.05) is 81.4 Å². The zero-order valence-electron chi connectivity index (χ0n) is 28.9. The molecule has 0 fully saturated rings. The van der Waals surface area contributed by atoms with E-state index in [1.54, 1.807) is 31.8 Å². The Morgan fingerprint density at radius 3 is 1.53 bits per heavy atom. The molecule has 0 amide bonds. The van der Waals surface area contributed by atoms with Gasteiger partial charge < -0.3 is 27.5 Å². The number of furan rings is 3. The lowest BCUT2D eigenvalue weighted by Crippen LogP contribution is -2.66. The fourth-order valence-corrected chi connectivity index (χ4v) is 10.1. The van der Waals surface area contributed by atoms with Crippen molar-refractivity contribution in [2.45, 2.75) is 72.8 Å². The molecule has 0 aliphatic carbocycles. The molecule has 252 valence electrons. The van der Waals surface area contributed by atoms with Gasteiger partial charge in [0.15, 0.2) is 0 Å². The maximum Gasteiger partial charge on any atom is 0.310 e. The third-order valence-corrected chi connectivity index (χ3v) is 13.1. The fraction of sp³-hybridized carbons (Fsp3) is 0.359. The number of rotatable bonds is 11. The molecule has 0 atom stereocenters. The van der Waals surface area contributed by atoms with Crippen LogP contribution in [0.15, 0.2) is 111 Å². The molecule has 0 aliphatic heterocycles. The van der Waals surface area contributed by atoms with E-state index >= 15 is 0 Å². The number of hydrogen-bond donors (Lipinski definition) is 1. The number of aliphatic hydroxyl groups is 1. The Bertz CT molecular complexity index is 1550. The number of hydrogen-bond acceptors (Lipinski definition) is 7. The van der Waals surface area contributed by atoms with Crippen LogP contribution in [0.2, 0.25) is 5.04 Å². The number of carbonyl (C=O) groups excluding carboxylic acids is 1. The van der Waals surface area contributed by atoms with Crippen molar-refractivity contribution in [2.75, 3.05) is 19.8 Å². The number of carbonyl (C=O) groups is 1. The number of aryl methyl sites for hydroxylation is 3. The molecule has 3 heterocycles. The molecular formula is C39H50O7Si. The quantitative estimate of drug-likeness (QED) is 0.116. The first-order chi connectivity index (χ1) is 22.5. The molecule has 0 saturated carbocycles. The molecule has 0 spiro atoms. The average Bonchev–Trinajstić information content (AvgIpc) is 3.78. The summed E-state index contributed by atoms with van der Waals surface area (Å²) in [4.78, 5) is 11.0. The SMILES string of the molecule is CCOC(=O)Cc1ccoc1C.Cc1occc1CCO.Cc1occc1CCO[Si](c1ccccc1)(c1ccccc1)C(C)(C)C. The first kappa shape index (κ1) is 37.3. The largest absolute Gasteiger partial charge is 0.469 e. The normalized spacial score (nSPS) is 11.2. The van der Waals surface area contributed by atoms with E-state index in [0.29, 0.717) is 26.1 Å². The van der Waals surface area contributed by atoms with Crippen LogP contribution in [0, 0.1) is 20.8 Å². The third-order valence-electron chi connectivity index (χ3n) is 8.03. The summed E-state index contributed by atoms with van der Waals surface area (Å²) in [6.07, 6.45) is 6.84. The number of aliphatic hydroxyl groups excluding tert-OH is 1. The average molecular weight is 659 g/mol. The van der Waals surface area contributed by atoms with Gasteiger partial charge >= 0.3 is 5.97 Å². The van der Waals surface area contributed by atoms with Crippen molar-refractivity contribution in [1.82, 2.24) is 0 Å². The molecule has 47 heavy (non-hydrogen) atoms. The third kappa shape index (κ3) is 10.4. The molecule has 0 radical (unpaired) electrons. The van der Waals surface area contributed by atoms with Crippen molar-refractivity contribution in [3.05, 3.63) is 132 Å². The highest BCUT2D eigenvalue weighted by atomic mass is 28.4. The summed E-state index contributed by atoms with van der Waals surface area (Å²) >= 11 is 0. The highest BCUT2D eigenvalue weighted by Gasteiger charge is 2.50. The summed E-state index contributed by atoms with van der Waals surface area (Å²) < 4.78 is 27.2. The Hall–Kier alpha value is -4.11. The molecule has 0 saturated heterocycles. The van der Waals surface area contributed by atoms with E-state index in [1.165, 1.54) is 15.9 Å². The van der Waals surface area contributed by atoms with Gasteiger partial charge in [-0.25, -0.2) is 0 Å². The Balaban J connectivity index is 0.000000234. The maximum atomic E-state index is 11.0. The minimum absolute atomic E-state index is 0.0150. The van der Waals surface area contributed by atoms with E-state index in [4.69, 9.17) is 27.5 Å². The lowest BCUT2D eigenvalue weighted by Gasteiger charge is -2.43. The number of ether oxygens (including phenoxy) is 1. The molecule has 1 N–H and O–H groups in total. The van der Waals surface area contributed by atoms with Crippen molar-refractivity contribution in [3.8, 4) is 0 Å². The Morgan fingerprint density at radius 1 is 0.702 bits per heavy atom. The van der Waals surface area contributed by atoms with Crippen molar-refractivity contribution in [3.63, 3.8) is 0 Å². The van der Waals surface area contributed by atoms with Crippen molar-refractivity contribution in [2.24, 2.45) is 0 Å². The fourth-order valence-electron chi connectivity index (χ4n) is 5.50. The van der Waals surface area contributed by atoms with Crippen LogP contribution in [0.25, 0.3) is 0 Å². The lowest BCUT2D eigenvalue weighted by atomic mass is 10.2. The van der Waals surface area contributed by atoms with E-state index in [1.807, 2.05) is 32.9 Å². The smallest absolute Gasteiger partial charge is 0.310 e. The summed E-state index contributed by atoms with van der Waals surface area (Å²) in [7, 11) is -2.43. The molecule has 5 aromatic rings. The van der Waals surface area contributed by atoms with Gasteiger partial charge in [-0.3, -0.25) is 4.79 Å². The van der Waals surface area contributed by atoms with Crippen LogP contribution in [0.5, 0.6) is 0 Å². The highest BCUT2D eigenvalue weighted by molar-refractivity contribution is 6.99. The van der Waals surface area contributed by atoms with Crippen LogP contribution >= 0.6 is 0 Å². The summed E-state index contributed by atoms with van der Waals surface area (Å²) in [6.45, 7) is 15.8. The molecule has 0 bridgehead atoms. The predicted octanol–water partition coefficient (Wildman–Crippen LogP) is 7.52. The molecule has 7 nitrogen and oxygen atoms in total. The van der Waals surface area contributed by atoms with Gasteiger partial charge in [-0.05, 0) is 85.3 Å². The van der Waals surface area contributed by atoms with Crippen molar-refractivity contribution in [1.29, 1.82) is 0 Å². The second-order valence-electron chi connectivity index (χ2n) is 12.2. The van der Waals surface area contributed by atoms with E-state index in [-0.39, 0.29) is 17.6 Å².